The molecule has 0 bridgehead atoms. The Morgan fingerprint density at radius 1 is 1.29 bits per heavy atom. The van der Waals surface area contributed by atoms with E-state index in [-0.39, 0.29) is 0 Å². The van der Waals surface area contributed by atoms with E-state index in [4.69, 9.17) is 16.0 Å². The molecule has 0 amide bonds. The Morgan fingerprint density at radius 3 is 2.82 bits per heavy atom. The molecule has 86 valence electrons. The molecule has 0 saturated heterocycles. The van der Waals surface area contributed by atoms with Crippen molar-refractivity contribution in [1.82, 2.24) is 19.9 Å². The number of fused-ring (bicyclic) bond motifs is 1. The van der Waals surface area contributed by atoms with Crippen molar-refractivity contribution in [2.24, 2.45) is 0 Å². The Balaban J connectivity index is 2.23. The number of imidazole rings is 1. The van der Waals surface area contributed by atoms with Crippen LogP contribution in [0, 0.1) is 10.8 Å². The van der Waals surface area contributed by atoms with Crippen LogP contribution >= 0.6 is 34.2 Å². The van der Waals surface area contributed by atoms with Gasteiger partial charge in [0.2, 0.25) is 0 Å². The average Bonchev–Trinajstić information content (AvgIpc) is 2.83. The summed E-state index contributed by atoms with van der Waals surface area (Å²) in [5.74, 6) is 2.09. The summed E-state index contributed by atoms with van der Waals surface area (Å²) in [4.78, 5) is 15.6. The third-order valence-corrected chi connectivity index (χ3v) is 3.01. The molecule has 0 fully saturated rings. The van der Waals surface area contributed by atoms with Crippen LogP contribution in [0.5, 0.6) is 0 Å². The van der Waals surface area contributed by atoms with Crippen molar-refractivity contribution in [3.05, 3.63) is 26.9 Å². The van der Waals surface area contributed by atoms with Gasteiger partial charge in [0.05, 0.1) is 0 Å². The highest BCUT2D eigenvalue weighted by atomic mass is 127. The van der Waals surface area contributed by atoms with Crippen LogP contribution in [0.1, 0.15) is 5.76 Å². The van der Waals surface area contributed by atoms with Crippen LogP contribution in [-0.2, 0) is 0 Å². The van der Waals surface area contributed by atoms with Crippen LogP contribution in [0.15, 0.2) is 16.5 Å². The van der Waals surface area contributed by atoms with Gasteiger partial charge in [-0.05, 0) is 19.1 Å². The maximum Gasteiger partial charge on any atom is 0.194 e. The zero-order valence-corrected chi connectivity index (χ0v) is 11.6. The topological polar surface area (TPSA) is 67.6 Å². The summed E-state index contributed by atoms with van der Waals surface area (Å²) in [6.07, 6.45) is 0. The van der Waals surface area contributed by atoms with E-state index in [2.05, 4.69) is 19.9 Å². The third kappa shape index (κ3) is 1.91. The van der Waals surface area contributed by atoms with E-state index < -0.39 is 0 Å². The van der Waals surface area contributed by atoms with Gasteiger partial charge in [-0.2, -0.15) is 0 Å². The minimum absolute atomic E-state index is 0.362. The number of halogens is 2. The fourth-order valence-electron chi connectivity index (χ4n) is 1.52. The van der Waals surface area contributed by atoms with Gasteiger partial charge in [-0.25, -0.2) is 15.0 Å². The smallest absolute Gasteiger partial charge is 0.194 e. The maximum atomic E-state index is 6.01. The molecule has 0 unspecified atom stereocenters. The van der Waals surface area contributed by atoms with E-state index in [0.717, 1.165) is 5.76 Å². The fourth-order valence-corrected chi connectivity index (χ4v) is 2.34. The van der Waals surface area contributed by atoms with E-state index in [1.807, 2.05) is 41.6 Å². The second-order valence-electron chi connectivity index (χ2n) is 3.48. The Bertz CT molecular complexity index is 705. The molecule has 0 saturated carbocycles. The number of nitrogens with one attached hydrogen (secondary N) is 1. The lowest BCUT2D eigenvalue weighted by molar-refractivity contribution is 0.545. The summed E-state index contributed by atoms with van der Waals surface area (Å²) in [7, 11) is 0. The molecule has 3 rings (SSSR count). The van der Waals surface area contributed by atoms with Crippen molar-refractivity contribution in [3.63, 3.8) is 0 Å². The summed E-state index contributed by atoms with van der Waals surface area (Å²) in [6, 6.07) is 3.72. The number of aromatic amines is 1. The van der Waals surface area contributed by atoms with Gasteiger partial charge in [-0.1, -0.05) is 11.6 Å². The second-order valence-corrected chi connectivity index (χ2v) is 4.80. The summed E-state index contributed by atoms with van der Waals surface area (Å²) in [5.41, 5.74) is 1.16. The molecule has 0 aliphatic carbocycles. The Labute approximate surface area is 115 Å². The van der Waals surface area contributed by atoms with Crippen LogP contribution in [0.2, 0.25) is 5.15 Å². The van der Waals surface area contributed by atoms with Crippen molar-refractivity contribution in [2.75, 3.05) is 0 Å². The van der Waals surface area contributed by atoms with Crippen LogP contribution in [-0.4, -0.2) is 19.9 Å². The number of aryl methyl sites for hydroxylation is 1. The molecule has 0 atom stereocenters. The first-order valence-electron chi connectivity index (χ1n) is 4.79. The Morgan fingerprint density at radius 2 is 2.12 bits per heavy atom. The highest BCUT2D eigenvalue weighted by Gasteiger charge is 2.13. The highest BCUT2D eigenvalue weighted by molar-refractivity contribution is 14.1. The minimum atomic E-state index is 0.362. The van der Waals surface area contributed by atoms with Gasteiger partial charge in [0.15, 0.2) is 26.2 Å². The average molecular weight is 361 g/mol. The lowest BCUT2D eigenvalue weighted by atomic mass is 10.4. The number of hydrogen-bond acceptors (Lipinski definition) is 4. The molecule has 3 aromatic rings. The van der Waals surface area contributed by atoms with Crippen LogP contribution in [0.4, 0.5) is 0 Å². The standard InChI is InChI=1S/C10H6ClIN4O/c1-4-2-3-5(17-4)8-13-6-7(11)14-10(12)16-9(6)15-8/h2-3H,1H3,(H,13,14,15,16). The first-order chi connectivity index (χ1) is 8.13. The summed E-state index contributed by atoms with van der Waals surface area (Å²) >= 11 is 8.01. The van der Waals surface area contributed by atoms with Gasteiger partial charge < -0.3 is 9.40 Å². The molecular formula is C10H6ClIN4O. The molecular weight excluding hydrogens is 354 g/mol. The van der Waals surface area contributed by atoms with Crippen molar-refractivity contribution in [1.29, 1.82) is 0 Å². The predicted octanol–water partition coefficient (Wildman–Crippen LogP) is 3.18. The normalized spacial score (nSPS) is 11.2. The first kappa shape index (κ1) is 11.0. The monoisotopic (exact) mass is 360 g/mol. The maximum absolute atomic E-state index is 6.01. The molecule has 0 spiro atoms. The van der Waals surface area contributed by atoms with Crippen molar-refractivity contribution in [2.45, 2.75) is 6.92 Å². The molecule has 3 aromatic heterocycles. The van der Waals surface area contributed by atoms with Crippen LogP contribution in [0.25, 0.3) is 22.7 Å². The molecule has 0 radical (unpaired) electrons. The molecule has 5 nitrogen and oxygen atoms in total. The van der Waals surface area contributed by atoms with Crippen molar-refractivity contribution >= 4 is 45.4 Å². The van der Waals surface area contributed by atoms with E-state index in [1.165, 1.54) is 0 Å². The van der Waals surface area contributed by atoms with Gasteiger partial charge in [0.25, 0.3) is 0 Å². The summed E-state index contributed by atoms with van der Waals surface area (Å²) < 4.78 is 6.05. The third-order valence-electron chi connectivity index (χ3n) is 2.25. The van der Waals surface area contributed by atoms with E-state index in [0.29, 0.717) is 31.7 Å². The Hall–Kier alpha value is -1.15. The second kappa shape index (κ2) is 3.95. The lowest BCUT2D eigenvalue weighted by Gasteiger charge is -1.91. The molecule has 1 N–H and O–H groups in total. The van der Waals surface area contributed by atoms with Gasteiger partial charge in [-0.3, -0.25) is 0 Å². The Kier molecular flexibility index (Phi) is 2.55. The van der Waals surface area contributed by atoms with Crippen molar-refractivity contribution in [3.8, 4) is 11.6 Å². The number of hydrogen-bond donors (Lipinski definition) is 1. The lowest BCUT2D eigenvalue weighted by Crippen LogP contribution is -1.88. The van der Waals surface area contributed by atoms with Crippen LogP contribution < -0.4 is 0 Å². The molecule has 0 aliphatic rings. The first-order valence-corrected chi connectivity index (χ1v) is 6.25. The molecule has 7 heteroatoms. The zero-order chi connectivity index (χ0) is 12.0. The van der Waals surface area contributed by atoms with Gasteiger partial charge in [0, 0.05) is 22.6 Å². The number of rotatable bonds is 1. The van der Waals surface area contributed by atoms with E-state index in [1.54, 1.807) is 0 Å². The number of furan rings is 1. The predicted molar refractivity (Wildman–Crippen MR) is 71.8 cm³/mol. The number of H-pyrrole nitrogens is 1. The highest BCUT2D eigenvalue weighted by Crippen LogP contribution is 2.24. The quantitative estimate of drug-likeness (QED) is 0.411. The summed E-state index contributed by atoms with van der Waals surface area (Å²) in [5, 5.41) is 0.362. The molecule has 0 aliphatic heterocycles. The van der Waals surface area contributed by atoms with Crippen LogP contribution in [0.3, 0.4) is 0 Å². The minimum Gasteiger partial charge on any atom is -0.458 e. The largest absolute Gasteiger partial charge is 0.458 e. The zero-order valence-electron chi connectivity index (χ0n) is 8.66. The molecule has 17 heavy (non-hydrogen) atoms. The number of nitrogens with zero attached hydrogens (tertiary/aromatic N) is 3. The van der Waals surface area contributed by atoms with E-state index in [9.17, 15) is 0 Å². The number of aromatic nitrogens is 4. The molecule has 0 aromatic carbocycles. The van der Waals surface area contributed by atoms with Gasteiger partial charge >= 0.3 is 0 Å². The summed E-state index contributed by atoms with van der Waals surface area (Å²) in [6.45, 7) is 1.88. The SMILES string of the molecule is Cc1ccc(-c2nc3nc(I)nc(Cl)c3[nH]2)o1. The van der Waals surface area contributed by atoms with Gasteiger partial charge in [-0.15, -0.1) is 0 Å². The molecule has 3 heterocycles. The van der Waals surface area contributed by atoms with Gasteiger partial charge in [0.1, 0.15) is 11.3 Å². The van der Waals surface area contributed by atoms with Crippen molar-refractivity contribution < 1.29 is 4.42 Å². The van der Waals surface area contributed by atoms with E-state index >= 15 is 0 Å². The fraction of sp³-hybridized carbons (Fsp3) is 0.100.